The largest absolute Gasteiger partial charge is 1.00 e. The van der Waals surface area contributed by atoms with E-state index in [9.17, 15) is 8.76 Å². The second kappa shape index (κ2) is 5.39. The van der Waals surface area contributed by atoms with E-state index in [2.05, 4.69) is 0 Å². The van der Waals surface area contributed by atoms with Crippen LogP contribution < -0.4 is 23.6 Å². The molecular weight excluding hydrogens is 171 g/mol. The summed E-state index contributed by atoms with van der Waals surface area (Å²) in [6, 6.07) is 6.45. The van der Waals surface area contributed by atoms with E-state index in [1.807, 2.05) is 0 Å². The zero-order valence-corrected chi connectivity index (χ0v) is 7.76. The molecule has 0 saturated heterocycles. The SMILES string of the molecule is COc1ccccc1S(=O)[O-].[Li+]. The van der Waals surface area contributed by atoms with Gasteiger partial charge in [0.15, 0.2) is 0 Å². The smallest absolute Gasteiger partial charge is 0.768 e. The Morgan fingerprint density at radius 3 is 2.42 bits per heavy atom. The molecule has 60 valence electrons. The fourth-order valence-electron chi connectivity index (χ4n) is 0.756. The van der Waals surface area contributed by atoms with Gasteiger partial charge in [-0.05, 0) is 23.2 Å². The molecule has 1 aromatic carbocycles. The van der Waals surface area contributed by atoms with Gasteiger partial charge in [-0.25, -0.2) is 0 Å². The van der Waals surface area contributed by atoms with E-state index in [4.69, 9.17) is 4.74 Å². The molecule has 0 spiro atoms. The van der Waals surface area contributed by atoms with Crippen LogP contribution in [-0.4, -0.2) is 15.9 Å². The Hall–Kier alpha value is -0.273. The minimum Gasteiger partial charge on any atom is -0.768 e. The molecule has 5 heteroatoms. The third kappa shape index (κ3) is 2.65. The van der Waals surface area contributed by atoms with Crippen molar-refractivity contribution in [2.24, 2.45) is 0 Å². The molecule has 0 aliphatic carbocycles. The molecule has 0 fully saturated rings. The number of benzene rings is 1. The first-order valence-corrected chi connectivity index (χ1v) is 4.05. The molecule has 1 rings (SSSR count). The Morgan fingerprint density at radius 2 is 2.00 bits per heavy atom. The van der Waals surface area contributed by atoms with Crippen molar-refractivity contribution in [3.8, 4) is 5.75 Å². The average Bonchev–Trinajstić information content (AvgIpc) is 2.04. The van der Waals surface area contributed by atoms with Crippen molar-refractivity contribution in [2.45, 2.75) is 4.90 Å². The van der Waals surface area contributed by atoms with Crippen LogP contribution in [0.1, 0.15) is 0 Å². The van der Waals surface area contributed by atoms with E-state index in [1.165, 1.54) is 13.2 Å². The van der Waals surface area contributed by atoms with Crippen LogP contribution in [-0.2, 0) is 11.1 Å². The third-order valence-electron chi connectivity index (χ3n) is 1.25. The van der Waals surface area contributed by atoms with E-state index in [0.717, 1.165) is 0 Å². The van der Waals surface area contributed by atoms with Gasteiger partial charge < -0.3 is 9.29 Å². The van der Waals surface area contributed by atoms with Gasteiger partial charge in [0.2, 0.25) is 0 Å². The normalized spacial score (nSPS) is 11.5. The van der Waals surface area contributed by atoms with Crippen LogP contribution in [0, 0.1) is 0 Å². The topological polar surface area (TPSA) is 49.4 Å². The zero-order valence-electron chi connectivity index (χ0n) is 6.94. The summed E-state index contributed by atoms with van der Waals surface area (Å²) in [6.07, 6.45) is 0. The Bertz CT molecular complexity index is 277. The summed E-state index contributed by atoms with van der Waals surface area (Å²) in [6.45, 7) is 0. The number of ether oxygens (including phenoxy) is 1. The molecule has 0 N–H and O–H groups in total. The van der Waals surface area contributed by atoms with Gasteiger partial charge in [-0.2, -0.15) is 0 Å². The van der Waals surface area contributed by atoms with Crippen LogP contribution in [0.3, 0.4) is 0 Å². The minimum absolute atomic E-state index is 0. The first-order chi connectivity index (χ1) is 5.25. The summed E-state index contributed by atoms with van der Waals surface area (Å²) in [5.41, 5.74) is 0. The monoisotopic (exact) mass is 178 g/mol. The van der Waals surface area contributed by atoms with Gasteiger partial charge >= 0.3 is 18.9 Å². The summed E-state index contributed by atoms with van der Waals surface area (Å²) < 4.78 is 25.8. The van der Waals surface area contributed by atoms with Crippen molar-refractivity contribution >= 4 is 11.1 Å². The van der Waals surface area contributed by atoms with Gasteiger partial charge in [-0.15, -0.1) is 0 Å². The summed E-state index contributed by atoms with van der Waals surface area (Å²) in [5, 5.41) is 0. The second-order valence-electron chi connectivity index (χ2n) is 1.89. The first-order valence-electron chi connectivity index (χ1n) is 2.98. The van der Waals surface area contributed by atoms with E-state index < -0.39 is 11.1 Å². The average molecular weight is 178 g/mol. The van der Waals surface area contributed by atoms with Gasteiger partial charge in [0, 0.05) is 0 Å². The molecule has 0 amide bonds. The van der Waals surface area contributed by atoms with Crippen molar-refractivity contribution in [3.05, 3.63) is 24.3 Å². The Kier molecular flexibility index (Phi) is 5.26. The minimum atomic E-state index is -2.22. The van der Waals surface area contributed by atoms with Crippen LogP contribution in [0.2, 0.25) is 0 Å². The fraction of sp³-hybridized carbons (Fsp3) is 0.143. The zero-order chi connectivity index (χ0) is 8.27. The van der Waals surface area contributed by atoms with E-state index in [-0.39, 0.29) is 23.8 Å². The van der Waals surface area contributed by atoms with Gasteiger partial charge in [-0.1, -0.05) is 12.1 Å². The summed E-state index contributed by atoms with van der Waals surface area (Å²) in [7, 11) is 1.44. The molecule has 0 bridgehead atoms. The summed E-state index contributed by atoms with van der Waals surface area (Å²) >= 11 is -2.22. The van der Waals surface area contributed by atoms with Crippen LogP contribution in [0.5, 0.6) is 5.75 Å². The Balaban J connectivity index is 0.00000121. The van der Waals surface area contributed by atoms with Crippen LogP contribution in [0.25, 0.3) is 0 Å². The molecule has 1 atom stereocenters. The molecule has 12 heavy (non-hydrogen) atoms. The van der Waals surface area contributed by atoms with Gasteiger partial charge in [0.1, 0.15) is 5.75 Å². The standard InChI is InChI=1S/C7H8O3S.Li/c1-10-6-4-2-3-5-7(6)11(8)9;/h2-5H,1H3,(H,8,9);/q;+1/p-1. The third-order valence-corrected chi connectivity index (χ3v) is 1.95. The molecular formula is C7H7LiO3S. The predicted octanol–water partition coefficient (Wildman–Crippen LogP) is -2.06. The van der Waals surface area contributed by atoms with Crippen LogP contribution in [0.15, 0.2) is 29.2 Å². The van der Waals surface area contributed by atoms with Crippen molar-refractivity contribution in [1.82, 2.24) is 0 Å². The molecule has 0 heterocycles. The molecule has 1 aromatic rings. The van der Waals surface area contributed by atoms with Crippen LogP contribution >= 0.6 is 0 Å². The summed E-state index contributed by atoms with van der Waals surface area (Å²) in [4.78, 5) is 0.190. The molecule has 0 aromatic heterocycles. The van der Waals surface area contributed by atoms with Crippen molar-refractivity contribution in [2.75, 3.05) is 7.11 Å². The molecule has 0 aliphatic rings. The maximum Gasteiger partial charge on any atom is 1.00 e. The number of hydrogen-bond acceptors (Lipinski definition) is 3. The van der Waals surface area contributed by atoms with Gasteiger partial charge in [-0.3, -0.25) is 4.21 Å². The van der Waals surface area contributed by atoms with Gasteiger partial charge in [0.05, 0.1) is 12.0 Å². The number of hydrogen-bond donors (Lipinski definition) is 0. The van der Waals surface area contributed by atoms with Crippen molar-refractivity contribution in [3.63, 3.8) is 0 Å². The van der Waals surface area contributed by atoms with Crippen molar-refractivity contribution < 1.29 is 32.4 Å². The van der Waals surface area contributed by atoms with E-state index in [1.54, 1.807) is 18.2 Å². The molecule has 0 aliphatic heterocycles. The molecule has 3 nitrogen and oxygen atoms in total. The number of para-hydroxylation sites is 1. The first kappa shape index (κ1) is 11.7. The number of methoxy groups -OCH3 is 1. The molecule has 0 radical (unpaired) electrons. The molecule has 1 unspecified atom stereocenters. The quantitative estimate of drug-likeness (QED) is 0.386. The number of rotatable bonds is 2. The van der Waals surface area contributed by atoms with E-state index >= 15 is 0 Å². The summed E-state index contributed by atoms with van der Waals surface area (Å²) in [5.74, 6) is 0.376. The second-order valence-corrected chi connectivity index (χ2v) is 2.79. The van der Waals surface area contributed by atoms with Crippen molar-refractivity contribution in [1.29, 1.82) is 0 Å². The maximum atomic E-state index is 10.5. The fourth-order valence-corrected chi connectivity index (χ4v) is 1.26. The van der Waals surface area contributed by atoms with Crippen LogP contribution in [0.4, 0.5) is 0 Å². The predicted molar refractivity (Wildman–Crippen MR) is 40.2 cm³/mol. The Morgan fingerprint density at radius 1 is 1.42 bits per heavy atom. The molecule has 0 saturated carbocycles. The maximum absolute atomic E-state index is 10.5. The van der Waals surface area contributed by atoms with Gasteiger partial charge in [0.25, 0.3) is 0 Å². The Labute approximate surface area is 85.6 Å². The van der Waals surface area contributed by atoms with E-state index in [0.29, 0.717) is 5.75 Å².